The normalized spacial score (nSPS) is 10.5. The zero-order chi connectivity index (χ0) is 9.42. The highest BCUT2D eigenvalue weighted by Gasteiger charge is 2.10. The van der Waals surface area contributed by atoms with E-state index in [2.05, 4.69) is 0 Å². The molecule has 0 aliphatic heterocycles. The number of rotatable bonds is 1. The van der Waals surface area contributed by atoms with Gasteiger partial charge in [0.05, 0.1) is 5.56 Å². The van der Waals surface area contributed by atoms with Gasteiger partial charge in [0.2, 0.25) is 0 Å². The molecule has 0 aliphatic rings. The summed E-state index contributed by atoms with van der Waals surface area (Å²) in [6.45, 7) is 0. The minimum Gasteiger partial charge on any atom is -0.499 e. The second-order valence-corrected chi connectivity index (χ2v) is 4.05. The van der Waals surface area contributed by atoms with E-state index in [1.165, 1.54) is 11.3 Å². The number of aldehydes is 1. The molecule has 66 valence electrons. The lowest BCUT2D eigenvalue weighted by Crippen LogP contribution is -1.75. The minimum atomic E-state index is 0.0484. The average molecular weight is 213 g/mol. The summed E-state index contributed by atoms with van der Waals surface area (Å²) >= 11 is 6.94. The number of aromatic hydroxyl groups is 1. The molecule has 0 saturated heterocycles. The summed E-state index contributed by atoms with van der Waals surface area (Å²) < 4.78 is 0.865. The Morgan fingerprint density at radius 3 is 2.92 bits per heavy atom. The number of carbonyl (C=O) groups is 1. The van der Waals surface area contributed by atoms with Crippen LogP contribution in [0.15, 0.2) is 18.2 Å². The van der Waals surface area contributed by atoms with Crippen LogP contribution in [-0.2, 0) is 0 Å². The first kappa shape index (κ1) is 8.53. The molecule has 13 heavy (non-hydrogen) atoms. The third kappa shape index (κ3) is 1.30. The van der Waals surface area contributed by atoms with Crippen molar-refractivity contribution < 1.29 is 9.90 Å². The highest BCUT2D eigenvalue weighted by molar-refractivity contribution is 7.21. The summed E-state index contributed by atoms with van der Waals surface area (Å²) in [5.41, 5.74) is 0.322. The van der Waals surface area contributed by atoms with E-state index in [1.54, 1.807) is 18.2 Å². The van der Waals surface area contributed by atoms with Crippen LogP contribution in [0.3, 0.4) is 0 Å². The second-order valence-electron chi connectivity index (χ2n) is 2.58. The van der Waals surface area contributed by atoms with Crippen molar-refractivity contribution in [1.82, 2.24) is 0 Å². The number of hydrogen-bond acceptors (Lipinski definition) is 3. The van der Waals surface area contributed by atoms with E-state index in [-0.39, 0.29) is 5.06 Å². The Labute approximate surface area is 83.4 Å². The Balaban J connectivity index is 2.88. The minimum absolute atomic E-state index is 0.0484. The van der Waals surface area contributed by atoms with Gasteiger partial charge in [0.25, 0.3) is 0 Å². The van der Waals surface area contributed by atoms with Crippen LogP contribution in [0.2, 0.25) is 5.02 Å². The molecule has 0 bridgehead atoms. The van der Waals surface area contributed by atoms with Crippen molar-refractivity contribution in [3.63, 3.8) is 0 Å². The van der Waals surface area contributed by atoms with E-state index < -0.39 is 0 Å². The largest absolute Gasteiger partial charge is 0.499 e. The topological polar surface area (TPSA) is 37.3 Å². The van der Waals surface area contributed by atoms with Crippen molar-refractivity contribution in [3.8, 4) is 5.06 Å². The van der Waals surface area contributed by atoms with Gasteiger partial charge in [-0.05, 0) is 18.2 Å². The molecule has 0 unspecified atom stereocenters. The van der Waals surface area contributed by atoms with Crippen molar-refractivity contribution in [2.24, 2.45) is 0 Å². The summed E-state index contributed by atoms with van der Waals surface area (Å²) in [6.07, 6.45) is 0.643. The molecule has 0 saturated carbocycles. The molecule has 0 radical (unpaired) electrons. The summed E-state index contributed by atoms with van der Waals surface area (Å²) in [7, 11) is 0. The number of thiophene rings is 1. The summed E-state index contributed by atoms with van der Waals surface area (Å²) in [5.74, 6) is 0. The molecule has 2 aromatic rings. The molecular formula is C9H5ClO2S. The molecule has 0 atom stereocenters. The van der Waals surface area contributed by atoms with Crippen LogP contribution in [0.5, 0.6) is 5.06 Å². The lowest BCUT2D eigenvalue weighted by Gasteiger charge is -1.90. The van der Waals surface area contributed by atoms with E-state index in [0.717, 1.165) is 4.70 Å². The van der Waals surface area contributed by atoms with Crippen LogP contribution >= 0.6 is 22.9 Å². The highest BCUT2D eigenvalue weighted by Crippen LogP contribution is 2.36. The number of halogens is 1. The van der Waals surface area contributed by atoms with Gasteiger partial charge >= 0.3 is 0 Å². The molecule has 1 aromatic carbocycles. The zero-order valence-corrected chi connectivity index (χ0v) is 8.02. The van der Waals surface area contributed by atoms with Crippen LogP contribution in [0.1, 0.15) is 10.4 Å². The highest BCUT2D eigenvalue weighted by atomic mass is 35.5. The lowest BCUT2D eigenvalue weighted by atomic mass is 10.2. The standard InChI is InChI=1S/C9H5ClO2S/c10-5-1-2-8-6(3-5)7(4-11)9(12)13-8/h1-4,12H. The Kier molecular flexibility index (Phi) is 1.98. The van der Waals surface area contributed by atoms with Crippen LogP contribution in [0, 0.1) is 0 Å². The molecule has 2 nitrogen and oxygen atoms in total. The Morgan fingerprint density at radius 1 is 1.46 bits per heavy atom. The predicted molar refractivity (Wildman–Crippen MR) is 53.9 cm³/mol. The maximum atomic E-state index is 10.6. The van der Waals surface area contributed by atoms with Crippen molar-refractivity contribution in [3.05, 3.63) is 28.8 Å². The first-order chi connectivity index (χ1) is 6.22. The summed E-state index contributed by atoms with van der Waals surface area (Å²) in [4.78, 5) is 10.6. The molecule has 1 aromatic heterocycles. The van der Waals surface area contributed by atoms with Crippen molar-refractivity contribution in [2.45, 2.75) is 0 Å². The van der Waals surface area contributed by atoms with Gasteiger partial charge in [0.1, 0.15) is 0 Å². The average Bonchev–Trinajstić information content (AvgIpc) is 2.40. The predicted octanol–water partition coefficient (Wildman–Crippen LogP) is 3.07. The van der Waals surface area contributed by atoms with E-state index in [4.69, 9.17) is 11.6 Å². The van der Waals surface area contributed by atoms with Crippen LogP contribution in [-0.4, -0.2) is 11.4 Å². The third-order valence-corrected chi connectivity index (χ3v) is 3.01. The quantitative estimate of drug-likeness (QED) is 0.738. The Hall–Kier alpha value is -1.06. The number of carbonyl (C=O) groups excluding carboxylic acids is 1. The fourth-order valence-electron chi connectivity index (χ4n) is 1.19. The van der Waals surface area contributed by atoms with Gasteiger partial charge in [-0.15, -0.1) is 0 Å². The van der Waals surface area contributed by atoms with Gasteiger partial charge in [0.15, 0.2) is 11.3 Å². The first-order valence-electron chi connectivity index (χ1n) is 3.58. The van der Waals surface area contributed by atoms with E-state index in [9.17, 15) is 9.90 Å². The molecule has 2 rings (SSSR count). The second kappa shape index (κ2) is 3.01. The number of fused-ring (bicyclic) bond motifs is 1. The van der Waals surface area contributed by atoms with Crippen LogP contribution in [0.4, 0.5) is 0 Å². The molecule has 0 amide bonds. The number of hydrogen-bond donors (Lipinski definition) is 1. The Morgan fingerprint density at radius 2 is 2.23 bits per heavy atom. The van der Waals surface area contributed by atoms with Gasteiger partial charge in [0, 0.05) is 15.1 Å². The van der Waals surface area contributed by atoms with Gasteiger partial charge in [-0.3, -0.25) is 4.79 Å². The monoisotopic (exact) mass is 212 g/mol. The SMILES string of the molecule is O=Cc1c(O)sc2ccc(Cl)cc12. The molecule has 1 N–H and O–H groups in total. The number of benzene rings is 1. The van der Waals surface area contributed by atoms with Crippen molar-refractivity contribution in [1.29, 1.82) is 0 Å². The van der Waals surface area contributed by atoms with Gasteiger partial charge in [-0.1, -0.05) is 22.9 Å². The van der Waals surface area contributed by atoms with Crippen molar-refractivity contribution in [2.75, 3.05) is 0 Å². The molecule has 0 spiro atoms. The Bertz CT molecular complexity index is 476. The maximum absolute atomic E-state index is 10.6. The summed E-state index contributed by atoms with van der Waals surface area (Å²) in [6, 6.07) is 5.19. The fourth-order valence-corrected chi connectivity index (χ4v) is 2.25. The van der Waals surface area contributed by atoms with E-state index in [1.807, 2.05) is 0 Å². The van der Waals surface area contributed by atoms with Gasteiger partial charge in [-0.2, -0.15) is 0 Å². The van der Waals surface area contributed by atoms with Gasteiger partial charge < -0.3 is 5.11 Å². The smallest absolute Gasteiger partial charge is 0.183 e. The maximum Gasteiger partial charge on any atom is 0.183 e. The molecule has 0 aliphatic carbocycles. The van der Waals surface area contributed by atoms with Crippen LogP contribution in [0.25, 0.3) is 10.1 Å². The first-order valence-corrected chi connectivity index (χ1v) is 4.78. The van der Waals surface area contributed by atoms with Crippen molar-refractivity contribution >= 4 is 39.3 Å². The van der Waals surface area contributed by atoms with E-state index in [0.29, 0.717) is 22.3 Å². The molecule has 4 heteroatoms. The van der Waals surface area contributed by atoms with Crippen LogP contribution < -0.4 is 0 Å². The van der Waals surface area contributed by atoms with E-state index >= 15 is 0 Å². The third-order valence-electron chi connectivity index (χ3n) is 1.79. The molecular weight excluding hydrogens is 208 g/mol. The molecule has 0 fully saturated rings. The van der Waals surface area contributed by atoms with Gasteiger partial charge in [-0.25, -0.2) is 0 Å². The lowest BCUT2D eigenvalue weighted by molar-refractivity contribution is 0.112. The zero-order valence-electron chi connectivity index (χ0n) is 6.45. The molecule has 1 heterocycles. The summed E-state index contributed by atoms with van der Waals surface area (Å²) in [5, 5.41) is 10.7. The fraction of sp³-hybridized carbons (Fsp3) is 0.